The summed E-state index contributed by atoms with van der Waals surface area (Å²) in [6.45, 7) is 1.80. The van der Waals surface area contributed by atoms with Gasteiger partial charge in [0, 0.05) is 30.2 Å². The number of aryl methyl sites for hydroxylation is 2. The number of nitrogens with zero attached hydrogens (tertiary/aromatic N) is 4. The van der Waals surface area contributed by atoms with Crippen molar-refractivity contribution in [1.29, 1.82) is 0 Å². The average molecular weight is 435 g/mol. The first-order chi connectivity index (χ1) is 15.3. The van der Waals surface area contributed by atoms with Gasteiger partial charge in [0.25, 0.3) is 11.5 Å². The average Bonchev–Trinajstić information content (AvgIpc) is 3.48. The van der Waals surface area contributed by atoms with Crippen LogP contribution in [-0.2, 0) is 7.05 Å². The monoisotopic (exact) mass is 435 g/mol. The molecule has 0 saturated heterocycles. The molecule has 162 valence electrons. The Morgan fingerprint density at radius 2 is 1.84 bits per heavy atom. The molecule has 1 fully saturated rings. The van der Waals surface area contributed by atoms with Crippen LogP contribution in [0, 0.1) is 18.6 Å². The standard InChI is InChI=1S/C23H19F2N5O2/c1-12-10-26-19(21(31)28-14-6-7-14)9-15(12)16-8-13-11-27-30(22(13)29(2)23(16)32)20-17(24)4-3-5-18(20)25/h3-5,8-11,14H,6-7H2,1-2H3,(H,28,31). The second kappa shape index (κ2) is 7.37. The number of para-hydroxylation sites is 1. The number of benzene rings is 1. The summed E-state index contributed by atoms with van der Waals surface area (Å²) in [5, 5.41) is 7.54. The van der Waals surface area contributed by atoms with Gasteiger partial charge in [0.2, 0.25) is 0 Å². The molecule has 1 aromatic carbocycles. The highest BCUT2D eigenvalue weighted by Gasteiger charge is 2.25. The molecule has 0 bridgehead atoms. The van der Waals surface area contributed by atoms with Crippen molar-refractivity contribution >= 4 is 16.9 Å². The number of rotatable bonds is 4. The lowest BCUT2D eigenvalue weighted by molar-refractivity contribution is 0.0946. The normalized spacial score (nSPS) is 13.5. The quantitative estimate of drug-likeness (QED) is 0.534. The number of fused-ring (bicyclic) bond motifs is 1. The molecule has 1 saturated carbocycles. The summed E-state index contributed by atoms with van der Waals surface area (Å²) >= 11 is 0. The molecule has 4 aromatic rings. The Labute approximate surface area is 181 Å². The molecule has 5 rings (SSSR count). The highest BCUT2D eigenvalue weighted by atomic mass is 19.1. The van der Waals surface area contributed by atoms with Gasteiger partial charge in [-0.2, -0.15) is 5.10 Å². The van der Waals surface area contributed by atoms with Gasteiger partial charge in [-0.25, -0.2) is 13.5 Å². The fraction of sp³-hybridized carbons (Fsp3) is 0.217. The second-order valence-corrected chi connectivity index (χ2v) is 7.96. The SMILES string of the molecule is Cc1cnc(C(=O)NC2CC2)cc1-c1cc2cnn(-c3c(F)cccc3F)c2n(C)c1=O. The Bertz CT molecular complexity index is 1430. The predicted octanol–water partition coefficient (Wildman–Crippen LogP) is 3.27. The third-order valence-corrected chi connectivity index (χ3v) is 5.61. The molecular formula is C23H19F2N5O2. The van der Waals surface area contributed by atoms with E-state index in [9.17, 15) is 18.4 Å². The van der Waals surface area contributed by atoms with Gasteiger partial charge in [0.1, 0.15) is 17.0 Å². The van der Waals surface area contributed by atoms with Crippen molar-refractivity contribution in [2.75, 3.05) is 0 Å². The van der Waals surface area contributed by atoms with Crippen LogP contribution in [0.25, 0.3) is 27.8 Å². The summed E-state index contributed by atoms with van der Waals surface area (Å²) in [5.74, 6) is -1.86. The van der Waals surface area contributed by atoms with Gasteiger partial charge < -0.3 is 5.32 Å². The molecule has 0 atom stereocenters. The van der Waals surface area contributed by atoms with Gasteiger partial charge in [-0.05, 0) is 55.2 Å². The molecule has 1 aliphatic rings. The lowest BCUT2D eigenvalue weighted by Gasteiger charge is -2.12. The van der Waals surface area contributed by atoms with Crippen LogP contribution in [0.1, 0.15) is 28.9 Å². The molecule has 1 aliphatic carbocycles. The minimum atomic E-state index is -0.789. The van der Waals surface area contributed by atoms with E-state index >= 15 is 0 Å². The van der Waals surface area contributed by atoms with Crippen LogP contribution >= 0.6 is 0 Å². The third kappa shape index (κ3) is 3.26. The van der Waals surface area contributed by atoms with Crippen LogP contribution in [0.3, 0.4) is 0 Å². The molecule has 0 unspecified atom stereocenters. The molecule has 0 radical (unpaired) electrons. The van der Waals surface area contributed by atoms with Crippen LogP contribution in [0.15, 0.2) is 47.5 Å². The summed E-state index contributed by atoms with van der Waals surface area (Å²) in [5.41, 5.74) is 1.35. The van der Waals surface area contributed by atoms with E-state index in [0.717, 1.165) is 35.2 Å². The van der Waals surface area contributed by atoms with Crippen LogP contribution in [-0.4, -0.2) is 31.3 Å². The van der Waals surface area contributed by atoms with Crippen molar-refractivity contribution in [3.05, 3.63) is 76.0 Å². The topological polar surface area (TPSA) is 81.8 Å². The van der Waals surface area contributed by atoms with Crippen LogP contribution in [0.5, 0.6) is 0 Å². The Balaban J connectivity index is 1.67. The summed E-state index contributed by atoms with van der Waals surface area (Å²) < 4.78 is 31.1. The lowest BCUT2D eigenvalue weighted by atomic mass is 10.0. The highest BCUT2D eigenvalue weighted by Crippen LogP contribution is 2.27. The summed E-state index contributed by atoms with van der Waals surface area (Å²) in [6.07, 6.45) is 4.91. The maximum Gasteiger partial charge on any atom is 0.270 e. The number of halogens is 2. The van der Waals surface area contributed by atoms with E-state index in [4.69, 9.17) is 0 Å². The fourth-order valence-corrected chi connectivity index (χ4v) is 3.76. The molecule has 32 heavy (non-hydrogen) atoms. The molecule has 1 N–H and O–H groups in total. The summed E-state index contributed by atoms with van der Waals surface area (Å²) in [4.78, 5) is 29.9. The largest absolute Gasteiger partial charge is 0.348 e. The molecule has 9 heteroatoms. The maximum absolute atomic E-state index is 14.4. The van der Waals surface area contributed by atoms with Crippen molar-refractivity contribution in [3.63, 3.8) is 0 Å². The van der Waals surface area contributed by atoms with E-state index in [1.165, 1.54) is 23.9 Å². The van der Waals surface area contributed by atoms with Gasteiger partial charge in [-0.1, -0.05) is 6.07 Å². The minimum Gasteiger partial charge on any atom is -0.348 e. The molecular weight excluding hydrogens is 416 g/mol. The van der Waals surface area contributed by atoms with Crippen LogP contribution in [0.4, 0.5) is 8.78 Å². The van der Waals surface area contributed by atoms with E-state index < -0.39 is 11.6 Å². The van der Waals surface area contributed by atoms with Gasteiger partial charge in [0.15, 0.2) is 11.6 Å². The number of hydrogen-bond acceptors (Lipinski definition) is 4. The minimum absolute atomic E-state index is 0.183. The number of hydrogen-bond donors (Lipinski definition) is 1. The molecule has 3 aromatic heterocycles. The van der Waals surface area contributed by atoms with Crippen molar-refractivity contribution in [1.82, 2.24) is 24.6 Å². The number of amides is 1. The second-order valence-electron chi connectivity index (χ2n) is 7.96. The third-order valence-electron chi connectivity index (χ3n) is 5.61. The Hall–Kier alpha value is -3.88. The first kappa shape index (κ1) is 20.0. The Morgan fingerprint density at radius 1 is 1.12 bits per heavy atom. The van der Waals surface area contributed by atoms with Crippen molar-refractivity contribution in [2.45, 2.75) is 25.8 Å². The number of aromatic nitrogens is 4. The van der Waals surface area contributed by atoms with E-state index in [2.05, 4.69) is 15.4 Å². The predicted molar refractivity (Wildman–Crippen MR) is 115 cm³/mol. The Kier molecular flexibility index (Phi) is 4.61. The van der Waals surface area contributed by atoms with Crippen molar-refractivity contribution in [2.24, 2.45) is 7.05 Å². The molecule has 0 spiro atoms. The number of carbonyl (C=O) groups excluding carboxylic acids is 1. The summed E-state index contributed by atoms with van der Waals surface area (Å²) in [7, 11) is 1.52. The van der Waals surface area contributed by atoms with Crippen LogP contribution in [0.2, 0.25) is 0 Å². The highest BCUT2D eigenvalue weighted by molar-refractivity contribution is 5.94. The van der Waals surface area contributed by atoms with Crippen molar-refractivity contribution in [3.8, 4) is 16.8 Å². The van der Waals surface area contributed by atoms with E-state index in [0.29, 0.717) is 16.5 Å². The zero-order valence-corrected chi connectivity index (χ0v) is 17.4. The van der Waals surface area contributed by atoms with Gasteiger partial charge in [-0.15, -0.1) is 0 Å². The first-order valence-electron chi connectivity index (χ1n) is 10.1. The van der Waals surface area contributed by atoms with E-state index in [1.54, 1.807) is 25.3 Å². The molecule has 0 aliphatic heterocycles. The van der Waals surface area contributed by atoms with Gasteiger partial charge >= 0.3 is 0 Å². The van der Waals surface area contributed by atoms with E-state index in [-0.39, 0.29) is 34.5 Å². The zero-order chi connectivity index (χ0) is 22.6. The van der Waals surface area contributed by atoms with Gasteiger partial charge in [-0.3, -0.25) is 19.1 Å². The fourth-order valence-electron chi connectivity index (χ4n) is 3.76. The number of pyridine rings is 2. The molecule has 1 amide bonds. The first-order valence-corrected chi connectivity index (χ1v) is 10.1. The number of carbonyl (C=O) groups is 1. The van der Waals surface area contributed by atoms with E-state index in [1.807, 2.05) is 0 Å². The molecule has 7 nitrogen and oxygen atoms in total. The maximum atomic E-state index is 14.4. The lowest BCUT2D eigenvalue weighted by Crippen LogP contribution is -2.26. The van der Waals surface area contributed by atoms with Gasteiger partial charge in [0.05, 0.1) is 6.20 Å². The molecule has 3 heterocycles. The summed E-state index contributed by atoms with van der Waals surface area (Å²) in [6, 6.07) is 6.92. The van der Waals surface area contributed by atoms with Crippen molar-refractivity contribution < 1.29 is 13.6 Å². The smallest absolute Gasteiger partial charge is 0.270 e. The zero-order valence-electron chi connectivity index (χ0n) is 17.4. The Morgan fingerprint density at radius 3 is 2.53 bits per heavy atom. The van der Waals surface area contributed by atoms with Crippen LogP contribution < -0.4 is 10.9 Å². The number of nitrogens with one attached hydrogen (secondary N) is 1.